The van der Waals surface area contributed by atoms with Gasteiger partial charge in [-0.2, -0.15) is 0 Å². The lowest BCUT2D eigenvalue weighted by molar-refractivity contribution is 0.561. The van der Waals surface area contributed by atoms with Crippen molar-refractivity contribution in [2.24, 2.45) is 5.73 Å². The third-order valence-corrected chi connectivity index (χ3v) is 5.72. The Balaban J connectivity index is 2.08. The lowest BCUT2D eigenvalue weighted by atomic mass is 10.0. The van der Waals surface area contributed by atoms with Gasteiger partial charge in [-0.15, -0.1) is 0 Å². The molecule has 1 fully saturated rings. The van der Waals surface area contributed by atoms with Crippen molar-refractivity contribution in [3.05, 3.63) is 38.2 Å². The van der Waals surface area contributed by atoms with E-state index in [0.29, 0.717) is 29.1 Å². The highest BCUT2D eigenvalue weighted by Gasteiger charge is 2.28. The zero-order valence-electron chi connectivity index (χ0n) is 13.1. The van der Waals surface area contributed by atoms with Crippen molar-refractivity contribution in [3.63, 3.8) is 0 Å². The Hall–Kier alpha value is -2.06. The van der Waals surface area contributed by atoms with Crippen molar-refractivity contribution in [2.45, 2.75) is 44.7 Å². The number of aromatic nitrogens is 3. The summed E-state index contributed by atoms with van der Waals surface area (Å²) in [5.41, 5.74) is 5.85. The Morgan fingerprint density at radius 3 is 2.92 bits per heavy atom. The normalized spacial score (nSPS) is 21.1. The highest BCUT2D eigenvalue weighted by Crippen LogP contribution is 2.34. The molecule has 2 atom stereocenters. The fourth-order valence-corrected chi connectivity index (χ4v) is 4.53. The number of nitrogens with zero attached hydrogens (tertiary/aromatic N) is 2. The fourth-order valence-electron chi connectivity index (χ4n) is 3.63. The molecule has 24 heavy (non-hydrogen) atoms. The summed E-state index contributed by atoms with van der Waals surface area (Å²) < 4.78 is 19.0. The molecule has 4 rings (SSSR count). The van der Waals surface area contributed by atoms with Crippen molar-refractivity contribution in [1.82, 2.24) is 13.9 Å². The molecule has 6 nitrogen and oxygen atoms in total. The SMILES string of the molecule is CCn1c2nc(C3CCC(N)C3)c(F)cc2c(=O)c2c(=O)[nH]sc21. The van der Waals surface area contributed by atoms with Gasteiger partial charge in [0.1, 0.15) is 21.7 Å². The summed E-state index contributed by atoms with van der Waals surface area (Å²) in [7, 11) is 0. The van der Waals surface area contributed by atoms with Crippen LogP contribution in [0.4, 0.5) is 4.39 Å². The molecule has 0 bridgehead atoms. The van der Waals surface area contributed by atoms with Crippen LogP contribution in [0.2, 0.25) is 0 Å². The van der Waals surface area contributed by atoms with E-state index in [1.807, 2.05) is 6.92 Å². The van der Waals surface area contributed by atoms with Crippen LogP contribution in [0.25, 0.3) is 21.3 Å². The number of H-pyrrole nitrogens is 1. The first kappa shape index (κ1) is 15.5. The summed E-state index contributed by atoms with van der Waals surface area (Å²) in [4.78, 5) is 29.6. The molecule has 3 heterocycles. The second-order valence-electron chi connectivity index (χ2n) is 6.28. The number of aryl methyl sites for hydroxylation is 1. The lowest BCUT2D eigenvalue weighted by Gasteiger charge is -2.14. The predicted molar refractivity (Wildman–Crippen MR) is 92.2 cm³/mol. The smallest absolute Gasteiger partial charge is 0.271 e. The molecule has 2 unspecified atom stereocenters. The summed E-state index contributed by atoms with van der Waals surface area (Å²) in [6.07, 6.45) is 2.35. The van der Waals surface area contributed by atoms with Crippen molar-refractivity contribution in [2.75, 3.05) is 0 Å². The Bertz CT molecular complexity index is 1070. The molecule has 0 spiro atoms. The van der Waals surface area contributed by atoms with E-state index in [1.165, 1.54) is 6.07 Å². The van der Waals surface area contributed by atoms with Crippen LogP contribution in [0.1, 0.15) is 37.8 Å². The molecule has 1 saturated carbocycles. The number of fused-ring (bicyclic) bond motifs is 2. The number of rotatable bonds is 2. The van der Waals surface area contributed by atoms with Gasteiger partial charge in [-0.05, 0) is 43.8 Å². The number of aromatic amines is 1. The maximum absolute atomic E-state index is 14.6. The first-order valence-electron chi connectivity index (χ1n) is 8.01. The second-order valence-corrected chi connectivity index (χ2v) is 7.08. The first-order chi connectivity index (χ1) is 11.5. The molecule has 126 valence electrons. The van der Waals surface area contributed by atoms with E-state index in [9.17, 15) is 14.0 Å². The lowest BCUT2D eigenvalue weighted by Crippen LogP contribution is -2.18. The third-order valence-electron chi connectivity index (χ3n) is 4.81. The van der Waals surface area contributed by atoms with E-state index in [2.05, 4.69) is 9.36 Å². The van der Waals surface area contributed by atoms with Gasteiger partial charge in [-0.25, -0.2) is 9.37 Å². The van der Waals surface area contributed by atoms with Crippen LogP contribution in [0.5, 0.6) is 0 Å². The Labute approximate surface area is 140 Å². The van der Waals surface area contributed by atoms with Crippen LogP contribution in [0.15, 0.2) is 15.7 Å². The Morgan fingerprint density at radius 2 is 2.25 bits per heavy atom. The number of nitrogens with two attached hydrogens (primary N) is 1. The second kappa shape index (κ2) is 5.49. The van der Waals surface area contributed by atoms with E-state index >= 15 is 0 Å². The van der Waals surface area contributed by atoms with Gasteiger partial charge in [0, 0.05) is 18.5 Å². The molecule has 0 aliphatic heterocycles. The zero-order valence-corrected chi connectivity index (χ0v) is 14.0. The number of nitrogens with one attached hydrogen (secondary N) is 1. The van der Waals surface area contributed by atoms with Crippen molar-refractivity contribution < 1.29 is 4.39 Å². The van der Waals surface area contributed by atoms with Gasteiger partial charge in [0.2, 0.25) is 5.43 Å². The monoisotopic (exact) mass is 348 g/mol. The highest BCUT2D eigenvalue weighted by molar-refractivity contribution is 7.12. The molecule has 0 amide bonds. The van der Waals surface area contributed by atoms with E-state index in [-0.39, 0.29) is 22.7 Å². The molecular weight excluding hydrogens is 331 g/mol. The maximum Gasteiger partial charge on any atom is 0.271 e. The van der Waals surface area contributed by atoms with Crippen LogP contribution in [-0.2, 0) is 6.54 Å². The van der Waals surface area contributed by atoms with E-state index < -0.39 is 16.8 Å². The summed E-state index contributed by atoms with van der Waals surface area (Å²) in [6.45, 7) is 2.44. The fraction of sp³-hybridized carbons (Fsp3) is 0.438. The van der Waals surface area contributed by atoms with Gasteiger partial charge in [-0.1, -0.05) is 0 Å². The van der Waals surface area contributed by atoms with E-state index in [1.54, 1.807) is 4.57 Å². The molecule has 3 N–H and O–H groups in total. The minimum atomic E-state index is -0.493. The Kier molecular flexibility index (Phi) is 3.54. The predicted octanol–water partition coefficient (Wildman–Crippen LogP) is 2.05. The van der Waals surface area contributed by atoms with Crippen LogP contribution in [0, 0.1) is 5.82 Å². The molecule has 3 aromatic rings. The number of halogens is 1. The summed E-state index contributed by atoms with van der Waals surface area (Å²) >= 11 is 1.11. The zero-order chi connectivity index (χ0) is 17.0. The number of pyridine rings is 2. The van der Waals surface area contributed by atoms with Gasteiger partial charge >= 0.3 is 0 Å². The van der Waals surface area contributed by atoms with Crippen LogP contribution >= 0.6 is 11.5 Å². The average molecular weight is 348 g/mol. The average Bonchev–Trinajstić information content (AvgIpc) is 3.15. The number of hydrogen-bond donors (Lipinski definition) is 2. The quantitative estimate of drug-likeness (QED) is 0.741. The molecule has 1 aliphatic carbocycles. The molecular formula is C16H17FN4O2S. The van der Waals surface area contributed by atoms with Gasteiger partial charge < -0.3 is 10.3 Å². The first-order valence-corrected chi connectivity index (χ1v) is 8.82. The topological polar surface area (TPSA) is 93.8 Å². The Morgan fingerprint density at radius 1 is 1.46 bits per heavy atom. The standard InChI is InChI=1S/C16H17FN4O2S/c1-2-21-14-9(13(22)11-15(23)20-24-16(11)21)6-10(17)12(19-14)7-3-4-8(18)5-7/h6-8H,2-5,18H2,1H3,(H,20,23). The van der Waals surface area contributed by atoms with E-state index in [4.69, 9.17) is 5.73 Å². The van der Waals surface area contributed by atoms with Crippen LogP contribution < -0.4 is 16.7 Å². The van der Waals surface area contributed by atoms with Gasteiger partial charge in [0.25, 0.3) is 5.56 Å². The third kappa shape index (κ3) is 2.13. The number of hydrogen-bond acceptors (Lipinski definition) is 5. The van der Waals surface area contributed by atoms with Gasteiger partial charge in [0.15, 0.2) is 0 Å². The molecule has 1 aliphatic rings. The summed E-state index contributed by atoms with van der Waals surface area (Å²) in [5, 5.41) is 0.225. The van der Waals surface area contributed by atoms with Crippen LogP contribution in [0.3, 0.4) is 0 Å². The van der Waals surface area contributed by atoms with Crippen molar-refractivity contribution in [1.29, 1.82) is 0 Å². The largest absolute Gasteiger partial charge is 0.328 e. The minimum absolute atomic E-state index is 0.0227. The van der Waals surface area contributed by atoms with E-state index in [0.717, 1.165) is 24.4 Å². The van der Waals surface area contributed by atoms with Crippen molar-refractivity contribution in [3.8, 4) is 0 Å². The molecule has 3 aromatic heterocycles. The minimum Gasteiger partial charge on any atom is -0.328 e. The van der Waals surface area contributed by atoms with Gasteiger partial charge in [0.05, 0.1) is 11.1 Å². The van der Waals surface area contributed by atoms with Crippen LogP contribution in [-0.4, -0.2) is 20.0 Å². The molecule has 0 aromatic carbocycles. The highest BCUT2D eigenvalue weighted by atomic mass is 32.1. The molecule has 8 heteroatoms. The van der Waals surface area contributed by atoms with Crippen molar-refractivity contribution >= 4 is 32.8 Å². The van der Waals surface area contributed by atoms with Gasteiger partial charge in [-0.3, -0.25) is 14.0 Å². The summed E-state index contributed by atoms with van der Waals surface area (Å²) in [5.74, 6) is -0.516. The summed E-state index contributed by atoms with van der Waals surface area (Å²) in [6, 6.07) is 1.30. The molecule has 0 radical (unpaired) electrons. The molecule has 0 saturated heterocycles. The maximum atomic E-state index is 14.6.